The maximum Gasteiger partial charge on any atom is 0.338 e. The second-order valence-electron chi connectivity index (χ2n) is 5.93. The van der Waals surface area contributed by atoms with Gasteiger partial charge in [-0.25, -0.2) is 18.4 Å². The van der Waals surface area contributed by atoms with E-state index in [0.29, 0.717) is 17.0 Å². The normalized spacial score (nSPS) is 12.7. The van der Waals surface area contributed by atoms with Crippen molar-refractivity contribution in [2.75, 3.05) is 0 Å². The Hall–Kier alpha value is -2.56. The zero-order valence-electron chi connectivity index (χ0n) is 14.8. The molecule has 3 rings (SSSR count). The number of aryl methyl sites for hydroxylation is 1. The van der Waals surface area contributed by atoms with Crippen LogP contribution in [0.4, 0.5) is 0 Å². The van der Waals surface area contributed by atoms with Crippen molar-refractivity contribution in [3.05, 3.63) is 52.2 Å². The summed E-state index contributed by atoms with van der Waals surface area (Å²) in [6.07, 6.45) is -0.807. The molecule has 2 aromatic heterocycles. The molecule has 27 heavy (non-hydrogen) atoms. The van der Waals surface area contributed by atoms with Gasteiger partial charge in [0.05, 0.1) is 15.3 Å². The van der Waals surface area contributed by atoms with E-state index in [1.165, 1.54) is 17.4 Å². The van der Waals surface area contributed by atoms with Crippen LogP contribution in [-0.4, -0.2) is 24.6 Å². The second-order valence-corrected chi connectivity index (χ2v) is 8.41. The average molecular weight is 407 g/mol. The van der Waals surface area contributed by atoms with E-state index in [2.05, 4.69) is 10.2 Å². The van der Waals surface area contributed by atoms with E-state index in [1.807, 2.05) is 17.5 Å². The van der Waals surface area contributed by atoms with Crippen LogP contribution in [0.15, 0.2) is 39.0 Å². The number of nitrogens with two attached hydrogens (primary N) is 1. The fourth-order valence-corrected chi connectivity index (χ4v) is 3.94. The number of ether oxygens (including phenoxy) is 1. The van der Waals surface area contributed by atoms with Crippen LogP contribution in [0.3, 0.4) is 0 Å². The quantitative estimate of drug-likeness (QED) is 0.644. The van der Waals surface area contributed by atoms with Crippen LogP contribution >= 0.6 is 11.3 Å². The summed E-state index contributed by atoms with van der Waals surface area (Å²) in [4.78, 5) is 13.2. The molecule has 0 aliphatic rings. The minimum absolute atomic E-state index is 0.0759. The Morgan fingerprint density at radius 3 is 2.67 bits per heavy atom. The van der Waals surface area contributed by atoms with Crippen molar-refractivity contribution >= 4 is 27.3 Å². The molecule has 0 fully saturated rings. The third-order valence-corrected chi connectivity index (χ3v) is 5.86. The van der Waals surface area contributed by atoms with Crippen molar-refractivity contribution in [1.82, 2.24) is 10.2 Å². The van der Waals surface area contributed by atoms with Gasteiger partial charge in [-0.3, -0.25) is 0 Å². The molecule has 0 aliphatic heterocycles. The summed E-state index contributed by atoms with van der Waals surface area (Å²) in [6, 6.07) is 6.44. The molecule has 0 bridgehead atoms. The number of nitrogens with zero attached hydrogens (tertiary/aromatic N) is 2. The number of rotatable bonds is 5. The zero-order valence-corrected chi connectivity index (χ0v) is 16.4. The van der Waals surface area contributed by atoms with E-state index in [0.717, 1.165) is 4.88 Å². The van der Waals surface area contributed by atoms with Gasteiger partial charge in [-0.15, -0.1) is 21.5 Å². The summed E-state index contributed by atoms with van der Waals surface area (Å²) in [5, 5.41) is 14.9. The average Bonchev–Trinajstić information content (AvgIpc) is 3.26. The Kier molecular flexibility index (Phi) is 5.13. The molecule has 3 aromatic rings. The number of aromatic nitrogens is 2. The lowest BCUT2D eigenvalue weighted by Crippen LogP contribution is -2.16. The molecule has 10 heteroatoms. The number of thiophene rings is 1. The molecule has 0 amide bonds. The number of benzene rings is 1. The first-order valence-corrected chi connectivity index (χ1v) is 10.3. The van der Waals surface area contributed by atoms with E-state index in [-0.39, 0.29) is 16.3 Å². The molecule has 0 saturated carbocycles. The summed E-state index contributed by atoms with van der Waals surface area (Å²) in [7, 11) is -3.96. The topological polar surface area (TPSA) is 125 Å². The van der Waals surface area contributed by atoms with E-state index in [9.17, 15) is 13.2 Å². The van der Waals surface area contributed by atoms with Crippen molar-refractivity contribution in [2.24, 2.45) is 5.14 Å². The maximum absolute atomic E-state index is 12.5. The summed E-state index contributed by atoms with van der Waals surface area (Å²) in [5.74, 6) is -0.237. The number of sulfonamides is 1. The van der Waals surface area contributed by atoms with Crippen molar-refractivity contribution in [2.45, 2.75) is 31.8 Å². The van der Waals surface area contributed by atoms with E-state index >= 15 is 0 Å². The highest BCUT2D eigenvalue weighted by Crippen LogP contribution is 2.27. The van der Waals surface area contributed by atoms with E-state index in [1.54, 1.807) is 26.8 Å². The molecular weight excluding hydrogens is 390 g/mol. The minimum Gasteiger partial charge on any atom is -0.449 e. The highest BCUT2D eigenvalue weighted by Gasteiger charge is 2.23. The van der Waals surface area contributed by atoms with Crippen molar-refractivity contribution in [3.63, 3.8) is 0 Å². The van der Waals surface area contributed by atoms with Gasteiger partial charge in [0.2, 0.25) is 10.0 Å². The van der Waals surface area contributed by atoms with Gasteiger partial charge in [-0.2, -0.15) is 0 Å². The Morgan fingerprint density at radius 2 is 2.04 bits per heavy atom. The second kappa shape index (κ2) is 7.22. The first-order chi connectivity index (χ1) is 12.7. The fraction of sp³-hybridized carbons (Fsp3) is 0.235. The van der Waals surface area contributed by atoms with Gasteiger partial charge in [0.25, 0.3) is 11.8 Å². The lowest BCUT2D eigenvalue weighted by atomic mass is 10.1. The number of hydrogen-bond acceptors (Lipinski definition) is 8. The summed E-state index contributed by atoms with van der Waals surface area (Å²) in [6.45, 7) is 4.90. The molecule has 8 nitrogen and oxygen atoms in total. The molecule has 1 atom stereocenters. The Bertz CT molecular complexity index is 1090. The Labute approximate surface area is 160 Å². The van der Waals surface area contributed by atoms with Gasteiger partial charge in [-0.1, -0.05) is 6.07 Å². The number of hydrogen-bond donors (Lipinski definition) is 1. The number of carbonyl (C=O) groups excluding carboxylic acids is 1. The predicted octanol–water partition coefficient (Wildman–Crippen LogP) is 2.98. The zero-order chi connectivity index (χ0) is 19.8. The summed E-state index contributed by atoms with van der Waals surface area (Å²) < 4.78 is 34.4. The summed E-state index contributed by atoms with van der Waals surface area (Å²) >= 11 is 1.45. The van der Waals surface area contributed by atoms with E-state index < -0.39 is 22.1 Å². The SMILES string of the molecule is Cc1cc(C(=O)O[C@@H](C)c2nnc(-c3cccs3)o2)cc(S(N)(=O)=O)c1C. The first-order valence-electron chi connectivity index (χ1n) is 7.89. The lowest BCUT2D eigenvalue weighted by molar-refractivity contribution is 0.0279. The largest absolute Gasteiger partial charge is 0.449 e. The minimum atomic E-state index is -3.96. The van der Waals surface area contributed by atoms with Crippen LogP contribution in [0.2, 0.25) is 0 Å². The Morgan fingerprint density at radius 1 is 1.30 bits per heavy atom. The van der Waals surface area contributed by atoms with Crippen LogP contribution in [0.25, 0.3) is 10.8 Å². The molecular formula is C17H17N3O5S2. The highest BCUT2D eigenvalue weighted by atomic mass is 32.2. The van der Waals surface area contributed by atoms with Gasteiger partial charge in [0.1, 0.15) is 0 Å². The molecule has 1 aromatic carbocycles. The van der Waals surface area contributed by atoms with Crippen LogP contribution in [0, 0.1) is 13.8 Å². The molecule has 0 aliphatic carbocycles. The molecule has 0 spiro atoms. The van der Waals surface area contributed by atoms with Crippen LogP contribution < -0.4 is 5.14 Å². The fourth-order valence-electron chi connectivity index (χ4n) is 2.42. The number of primary sulfonamides is 1. The highest BCUT2D eigenvalue weighted by molar-refractivity contribution is 7.89. The Balaban J connectivity index is 1.82. The van der Waals surface area contributed by atoms with Crippen LogP contribution in [-0.2, 0) is 14.8 Å². The van der Waals surface area contributed by atoms with Crippen molar-refractivity contribution in [1.29, 1.82) is 0 Å². The molecule has 0 saturated heterocycles. The van der Waals surface area contributed by atoms with Crippen LogP contribution in [0.1, 0.15) is 40.4 Å². The number of esters is 1. The van der Waals surface area contributed by atoms with Gasteiger partial charge >= 0.3 is 5.97 Å². The molecule has 0 radical (unpaired) electrons. The molecule has 2 heterocycles. The van der Waals surface area contributed by atoms with Gasteiger partial charge in [0, 0.05) is 0 Å². The first kappa shape index (κ1) is 19.2. The third-order valence-electron chi connectivity index (χ3n) is 3.97. The third kappa shape index (κ3) is 4.07. The lowest BCUT2D eigenvalue weighted by Gasteiger charge is -2.12. The number of carbonyl (C=O) groups is 1. The standard InChI is InChI=1S/C17H17N3O5S2/c1-9-7-12(8-14(10(9)2)27(18,22)23)17(21)24-11(3)15-19-20-16(25-15)13-5-4-6-26-13/h4-8,11H,1-3H3,(H2,18,22,23)/t11-/m0/s1. The predicted molar refractivity (Wildman–Crippen MR) is 98.7 cm³/mol. The maximum atomic E-state index is 12.5. The molecule has 0 unspecified atom stereocenters. The smallest absolute Gasteiger partial charge is 0.338 e. The molecule has 2 N–H and O–H groups in total. The monoisotopic (exact) mass is 407 g/mol. The summed E-state index contributed by atoms with van der Waals surface area (Å²) in [5.41, 5.74) is 1.17. The molecule has 142 valence electrons. The van der Waals surface area contributed by atoms with Gasteiger partial charge < -0.3 is 9.15 Å². The van der Waals surface area contributed by atoms with E-state index in [4.69, 9.17) is 14.3 Å². The van der Waals surface area contributed by atoms with Crippen LogP contribution in [0.5, 0.6) is 0 Å². The van der Waals surface area contributed by atoms with Gasteiger partial charge in [0.15, 0.2) is 6.10 Å². The van der Waals surface area contributed by atoms with Crippen molar-refractivity contribution < 1.29 is 22.4 Å². The van der Waals surface area contributed by atoms with Crippen molar-refractivity contribution in [3.8, 4) is 10.8 Å². The van der Waals surface area contributed by atoms with Gasteiger partial charge in [-0.05, 0) is 55.5 Å².